The average molecular weight is 160 g/mol. The number of rotatable bonds is 2. The van der Waals surface area contributed by atoms with Gasteiger partial charge in [-0.05, 0) is 12.0 Å². The Morgan fingerprint density at radius 1 is 1.42 bits per heavy atom. The minimum absolute atomic E-state index is 1.12. The van der Waals surface area contributed by atoms with Crippen LogP contribution in [0.1, 0.15) is 18.9 Å². The van der Waals surface area contributed by atoms with Crippen molar-refractivity contribution in [3.8, 4) is 0 Å². The molecule has 1 aromatic carbocycles. The minimum atomic E-state index is 1.12. The number of aromatic amines is 1. The van der Waals surface area contributed by atoms with Crippen LogP contribution in [0.5, 0.6) is 0 Å². The quantitative estimate of drug-likeness (QED) is 0.718. The van der Waals surface area contributed by atoms with Crippen LogP contribution < -0.4 is 0 Å². The molecule has 0 bridgehead atoms. The number of aromatic nitrogens is 2. The van der Waals surface area contributed by atoms with E-state index in [1.807, 2.05) is 6.20 Å². The van der Waals surface area contributed by atoms with Crippen molar-refractivity contribution in [3.63, 3.8) is 0 Å². The maximum Gasteiger partial charge on any atom is 0.0682 e. The van der Waals surface area contributed by atoms with Gasteiger partial charge < -0.3 is 0 Å². The Bertz CT molecular complexity index is 376. The zero-order valence-electron chi connectivity index (χ0n) is 7.17. The Balaban J connectivity index is 2.57. The van der Waals surface area contributed by atoms with Gasteiger partial charge in [0.2, 0.25) is 0 Å². The molecule has 0 fully saturated rings. The molecule has 0 amide bonds. The first kappa shape index (κ1) is 7.35. The lowest BCUT2D eigenvalue weighted by Gasteiger charge is -1.98. The molecule has 0 unspecified atom stereocenters. The SMILES string of the molecule is CCCc1cccc2cn[nH]c12. The molecule has 1 N–H and O–H groups in total. The number of para-hydroxylation sites is 1. The summed E-state index contributed by atoms with van der Waals surface area (Å²) in [5, 5.41) is 8.25. The average Bonchev–Trinajstić information content (AvgIpc) is 2.53. The van der Waals surface area contributed by atoms with Crippen molar-refractivity contribution >= 4 is 10.9 Å². The molecular formula is C10H12N2. The molecule has 0 spiro atoms. The van der Waals surface area contributed by atoms with Gasteiger partial charge in [-0.1, -0.05) is 31.5 Å². The normalized spacial score (nSPS) is 10.8. The number of hydrogen-bond donors (Lipinski definition) is 1. The van der Waals surface area contributed by atoms with E-state index in [9.17, 15) is 0 Å². The number of nitrogens with zero attached hydrogens (tertiary/aromatic N) is 1. The van der Waals surface area contributed by atoms with Gasteiger partial charge in [0, 0.05) is 5.39 Å². The molecule has 12 heavy (non-hydrogen) atoms. The van der Waals surface area contributed by atoms with E-state index >= 15 is 0 Å². The highest BCUT2D eigenvalue weighted by Crippen LogP contribution is 2.16. The molecule has 0 saturated carbocycles. The van der Waals surface area contributed by atoms with E-state index in [1.54, 1.807) is 0 Å². The lowest BCUT2D eigenvalue weighted by Crippen LogP contribution is -1.84. The van der Waals surface area contributed by atoms with Crippen LogP contribution in [0.25, 0.3) is 10.9 Å². The van der Waals surface area contributed by atoms with E-state index in [0.717, 1.165) is 6.42 Å². The second-order valence-electron chi connectivity index (χ2n) is 3.00. The van der Waals surface area contributed by atoms with Crippen LogP contribution in [0.2, 0.25) is 0 Å². The van der Waals surface area contributed by atoms with Gasteiger partial charge in [-0.25, -0.2) is 0 Å². The molecule has 62 valence electrons. The summed E-state index contributed by atoms with van der Waals surface area (Å²) in [4.78, 5) is 0. The molecule has 0 radical (unpaired) electrons. The standard InChI is InChI=1S/C10H12N2/c1-2-4-8-5-3-6-9-7-11-12-10(8)9/h3,5-7H,2,4H2,1H3,(H,11,12). The number of benzene rings is 1. The van der Waals surface area contributed by atoms with Crippen LogP contribution in [0.3, 0.4) is 0 Å². The molecule has 2 aromatic rings. The number of H-pyrrole nitrogens is 1. The van der Waals surface area contributed by atoms with E-state index in [0.29, 0.717) is 0 Å². The molecule has 1 heterocycles. The van der Waals surface area contributed by atoms with Crippen molar-refractivity contribution in [2.75, 3.05) is 0 Å². The van der Waals surface area contributed by atoms with Crippen molar-refractivity contribution in [1.29, 1.82) is 0 Å². The first-order chi connectivity index (χ1) is 5.92. The summed E-state index contributed by atoms with van der Waals surface area (Å²) in [5.41, 5.74) is 2.56. The van der Waals surface area contributed by atoms with Crippen LogP contribution in [0.15, 0.2) is 24.4 Å². The fourth-order valence-corrected chi connectivity index (χ4v) is 1.51. The van der Waals surface area contributed by atoms with Gasteiger partial charge >= 0.3 is 0 Å². The zero-order valence-corrected chi connectivity index (χ0v) is 7.17. The molecule has 2 rings (SSSR count). The van der Waals surface area contributed by atoms with Crippen molar-refractivity contribution in [2.45, 2.75) is 19.8 Å². The topological polar surface area (TPSA) is 28.7 Å². The number of hydrogen-bond acceptors (Lipinski definition) is 1. The summed E-state index contributed by atoms with van der Waals surface area (Å²) in [6.07, 6.45) is 4.17. The van der Waals surface area contributed by atoms with Crippen LogP contribution in [-0.2, 0) is 6.42 Å². The third-order valence-electron chi connectivity index (χ3n) is 2.08. The smallest absolute Gasteiger partial charge is 0.0682 e. The highest BCUT2D eigenvalue weighted by Gasteiger charge is 1.99. The Morgan fingerprint density at radius 3 is 3.17 bits per heavy atom. The molecule has 0 atom stereocenters. The Labute approximate surface area is 71.6 Å². The highest BCUT2D eigenvalue weighted by molar-refractivity contribution is 5.81. The Hall–Kier alpha value is -1.31. The van der Waals surface area contributed by atoms with Crippen LogP contribution in [0, 0.1) is 0 Å². The molecule has 0 aliphatic heterocycles. The fourth-order valence-electron chi connectivity index (χ4n) is 1.51. The van der Waals surface area contributed by atoms with E-state index in [1.165, 1.54) is 22.9 Å². The number of aryl methyl sites for hydroxylation is 1. The Kier molecular flexibility index (Phi) is 1.82. The fraction of sp³-hybridized carbons (Fsp3) is 0.300. The predicted octanol–water partition coefficient (Wildman–Crippen LogP) is 2.52. The third-order valence-corrected chi connectivity index (χ3v) is 2.08. The second kappa shape index (κ2) is 2.97. The highest BCUT2D eigenvalue weighted by atomic mass is 15.1. The van der Waals surface area contributed by atoms with E-state index < -0.39 is 0 Å². The largest absolute Gasteiger partial charge is 0.278 e. The van der Waals surface area contributed by atoms with Gasteiger partial charge in [-0.15, -0.1) is 0 Å². The van der Waals surface area contributed by atoms with Gasteiger partial charge in [0.15, 0.2) is 0 Å². The second-order valence-corrected chi connectivity index (χ2v) is 3.00. The van der Waals surface area contributed by atoms with Crippen LogP contribution in [0.4, 0.5) is 0 Å². The van der Waals surface area contributed by atoms with Gasteiger partial charge in [-0.2, -0.15) is 5.10 Å². The monoisotopic (exact) mass is 160 g/mol. The van der Waals surface area contributed by atoms with E-state index in [2.05, 4.69) is 35.3 Å². The van der Waals surface area contributed by atoms with Gasteiger partial charge in [0.05, 0.1) is 11.7 Å². The minimum Gasteiger partial charge on any atom is -0.278 e. The molecule has 0 aliphatic carbocycles. The summed E-state index contributed by atoms with van der Waals surface area (Å²) in [6, 6.07) is 6.32. The molecule has 0 saturated heterocycles. The molecular weight excluding hydrogens is 148 g/mol. The van der Waals surface area contributed by atoms with Gasteiger partial charge in [0.25, 0.3) is 0 Å². The van der Waals surface area contributed by atoms with Crippen molar-refractivity contribution in [3.05, 3.63) is 30.0 Å². The van der Waals surface area contributed by atoms with E-state index in [4.69, 9.17) is 0 Å². The van der Waals surface area contributed by atoms with Gasteiger partial charge in [0.1, 0.15) is 0 Å². The Morgan fingerprint density at radius 2 is 2.33 bits per heavy atom. The van der Waals surface area contributed by atoms with Crippen LogP contribution >= 0.6 is 0 Å². The maximum absolute atomic E-state index is 4.02. The lowest BCUT2D eigenvalue weighted by molar-refractivity contribution is 0.924. The first-order valence-electron chi connectivity index (χ1n) is 4.33. The maximum atomic E-state index is 4.02. The molecule has 1 aromatic heterocycles. The van der Waals surface area contributed by atoms with Crippen molar-refractivity contribution in [2.24, 2.45) is 0 Å². The summed E-state index contributed by atoms with van der Waals surface area (Å²) in [7, 11) is 0. The molecule has 0 aliphatic rings. The van der Waals surface area contributed by atoms with Crippen molar-refractivity contribution in [1.82, 2.24) is 10.2 Å². The predicted molar refractivity (Wildman–Crippen MR) is 50.1 cm³/mol. The summed E-state index contributed by atoms with van der Waals surface area (Å²) in [5.74, 6) is 0. The number of nitrogens with one attached hydrogen (secondary N) is 1. The van der Waals surface area contributed by atoms with Crippen LogP contribution in [-0.4, -0.2) is 10.2 Å². The molecule has 2 nitrogen and oxygen atoms in total. The lowest BCUT2D eigenvalue weighted by atomic mass is 10.1. The van der Waals surface area contributed by atoms with E-state index in [-0.39, 0.29) is 0 Å². The molecule has 2 heteroatoms. The van der Waals surface area contributed by atoms with Crippen molar-refractivity contribution < 1.29 is 0 Å². The summed E-state index contributed by atoms with van der Waals surface area (Å²) < 4.78 is 0. The number of fused-ring (bicyclic) bond motifs is 1. The van der Waals surface area contributed by atoms with Gasteiger partial charge in [-0.3, -0.25) is 5.10 Å². The summed E-state index contributed by atoms with van der Waals surface area (Å²) in [6.45, 7) is 2.19. The third kappa shape index (κ3) is 1.09. The summed E-state index contributed by atoms with van der Waals surface area (Å²) >= 11 is 0. The zero-order chi connectivity index (χ0) is 8.39. The first-order valence-corrected chi connectivity index (χ1v) is 4.33.